The van der Waals surface area contributed by atoms with Crippen LogP contribution in [0.2, 0.25) is 0 Å². The van der Waals surface area contributed by atoms with Crippen molar-refractivity contribution in [2.75, 3.05) is 0 Å². The predicted octanol–water partition coefficient (Wildman–Crippen LogP) is 9.19. The summed E-state index contributed by atoms with van der Waals surface area (Å²) in [6, 6.07) is 23.2. The summed E-state index contributed by atoms with van der Waals surface area (Å²) in [5.74, 6) is 14.7. The van der Waals surface area contributed by atoms with Gasteiger partial charge in [0.05, 0.1) is 0 Å². The molecule has 8 fully saturated rings. The molecular formula is C46H42. The van der Waals surface area contributed by atoms with E-state index in [1.165, 1.54) is 88.2 Å². The van der Waals surface area contributed by atoms with E-state index >= 15 is 0 Å². The lowest BCUT2D eigenvalue weighted by Crippen LogP contribution is -2.56. The molecule has 4 atom stereocenters. The van der Waals surface area contributed by atoms with Crippen LogP contribution in [0.5, 0.6) is 0 Å². The average Bonchev–Trinajstić information content (AvgIpc) is 3.06. The Balaban J connectivity index is 1.07. The maximum atomic E-state index is 6.12. The van der Waals surface area contributed by atoms with Crippen molar-refractivity contribution < 1.29 is 0 Å². The fraction of sp³-hybridized carbons (Fsp3) is 0.435. The molecule has 4 unspecified atom stereocenters. The van der Waals surface area contributed by atoms with Crippen LogP contribution in [0, 0.1) is 73.0 Å². The molecule has 8 saturated carbocycles. The van der Waals surface area contributed by atoms with E-state index in [2.05, 4.69) is 84.3 Å². The smallest absolute Gasteiger partial charge is 0.0292 e. The zero-order valence-corrected chi connectivity index (χ0v) is 26.9. The predicted molar refractivity (Wildman–Crippen MR) is 187 cm³/mol. The minimum absolute atomic E-state index is 0.160. The zero-order valence-electron chi connectivity index (χ0n) is 26.9. The van der Waals surface area contributed by atoms with Crippen LogP contribution in [0.15, 0.2) is 60.7 Å². The van der Waals surface area contributed by atoms with Crippen LogP contribution in [0.3, 0.4) is 0 Å². The van der Waals surface area contributed by atoms with Crippen LogP contribution in [-0.2, 0) is 21.7 Å². The standard InChI is InChI=1S/C46H42/c1-5-31-9-15-41(37(7-3)19-31)45-25-33-17-34(26-45)22-43(21-33,29-45)39-11-13-40(14-12-39)44-23-35-18-36(24-44)28-46(27-35,30-44)42-16-10-32(6-2)20-38(42)8-4/h1-4,9-16,19-20,33-36H,17-18,21-30H2. The van der Waals surface area contributed by atoms with E-state index in [0.717, 1.165) is 45.9 Å². The lowest BCUT2D eigenvalue weighted by molar-refractivity contribution is -0.0298. The molecule has 0 heteroatoms. The molecule has 8 aliphatic rings. The van der Waals surface area contributed by atoms with Crippen molar-refractivity contribution in [3.05, 3.63) is 105 Å². The maximum absolute atomic E-state index is 6.12. The van der Waals surface area contributed by atoms with E-state index in [1.807, 2.05) is 0 Å². The van der Waals surface area contributed by atoms with Crippen molar-refractivity contribution in [2.45, 2.75) is 98.7 Å². The Morgan fingerprint density at radius 3 is 1.11 bits per heavy atom. The van der Waals surface area contributed by atoms with E-state index in [9.17, 15) is 0 Å². The SMILES string of the molecule is C#Cc1ccc(C23CC4CC(CC(c5ccc(C67CC8CC(C6)CC(c6ccc(C#C)cc6C#C)(C8)C7)cc5)(C4)C2)C3)c(C#C)c1. The minimum atomic E-state index is 0.160. The Hall–Kier alpha value is -4.10. The molecule has 0 aromatic heterocycles. The third kappa shape index (κ3) is 3.93. The van der Waals surface area contributed by atoms with Crippen LogP contribution < -0.4 is 0 Å². The van der Waals surface area contributed by atoms with Gasteiger partial charge < -0.3 is 0 Å². The molecule has 11 rings (SSSR count). The van der Waals surface area contributed by atoms with Crippen molar-refractivity contribution in [1.29, 1.82) is 0 Å². The Kier molecular flexibility index (Phi) is 5.94. The van der Waals surface area contributed by atoms with Crippen LogP contribution in [0.4, 0.5) is 0 Å². The molecule has 8 bridgehead atoms. The second kappa shape index (κ2) is 9.71. The lowest BCUT2D eigenvalue weighted by Gasteiger charge is -2.63. The molecule has 3 aromatic carbocycles. The van der Waals surface area contributed by atoms with E-state index in [4.69, 9.17) is 25.7 Å². The summed E-state index contributed by atoms with van der Waals surface area (Å²) >= 11 is 0. The summed E-state index contributed by atoms with van der Waals surface area (Å²) in [6.45, 7) is 0. The number of rotatable bonds is 4. The quantitative estimate of drug-likeness (QED) is 0.264. The number of hydrogen-bond acceptors (Lipinski definition) is 0. The zero-order chi connectivity index (χ0) is 31.3. The molecule has 3 aromatic rings. The molecule has 226 valence electrons. The van der Waals surface area contributed by atoms with E-state index < -0.39 is 0 Å². The third-order valence-corrected chi connectivity index (χ3v) is 14.1. The topological polar surface area (TPSA) is 0 Å². The van der Waals surface area contributed by atoms with Gasteiger partial charge in [-0.1, -0.05) is 60.1 Å². The highest BCUT2D eigenvalue weighted by Gasteiger charge is 2.61. The van der Waals surface area contributed by atoms with Gasteiger partial charge in [-0.2, -0.15) is 0 Å². The van der Waals surface area contributed by atoms with Crippen LogP contribution in [-0.4, -0.2) is 0 Å². The molecule has 8 aliphatic carbocycles. The fourth-order valence-corrected chi connectivity index (χ4v) is 13.4. The minimum Gasteiger partial charge on any atom is -0.115 e. The molecule has 0 amide bonds. The van der Waals surface area contributed by atoms with Gasteiger partial charge in [0.25, 0.3) is 0 Å². The molecule has 0 heterocycles. The van der Waals surface area contributed by atoms with Crippen molar-refractivity contribution in [3.63, 3.8) is 0 Å². The second-order valence-corrected chi connectivity index (χ2v) is 16.7. The molecule has 0 N–H and O–H groups in total. The van der Waals surface area contributed by atoms with Gasteiger partial charge in [0.2, 0.25) is 0 Å². The van der Waals surface area contributed by atoms with Gasteiger partial charge in [0.15, 0.2) is 0 Å². The van der Waals surface area contributed by atoms with Gasteiger partial charge in [0.1, 0.15) is 0 Å². The number of hydrogen-bond donors (Lipinski definition) is 0. The van der Waals surface area contributed by atoms with Crippen LogP contribution >= 0.6 is 0 Å². The third-order valence-electron chi connectivity index (χ3n) is 14.1. The van der Waals surface area contributed by atoms with Crippen molar-refractivity contribution in [3.8, 4) is 49.4 Å². The number of benzene rings is 3. The van der Waals surface area contributed by atoms with Gasteiger partial charge >= 0.3 is 0 Å². The molecule has 0 radical (unpaired) electrons. The monoisotopic (exact) mass is 594 g/mol. The van der Waals surface area contributed by atoms with Crippen LogP contribution in [0.1, 0.15) is 122 Å². The highest BCUT2D eigenvalue weighted by Crippen LogP contribution is 2.68. The Bertz CT molecular complexity index is 1770. The van der Waals surface area contributed by atoms with Gasteiger partial charge in [-0.05, 0) is 169 Å². The van der Waals surface area contributed by atoms with E-state index in [0.29, 0.717) is 0 Å². The molecular weight excluding hydrogens is 553 g/mol. The average molecular weight is 595 g/mol. The maximum Gasteiger partial charge on any atom is 0.0292 e. The summed E-state index contributed by atoms with van der Waals surface area (Å²) in [4.78, 5) is 0. The summed E-state index contributed by atoms with van der Waals surface area (Å²) < 4.78 is 0. The first-order valence-electron chi connectivity index (χ1n) is 17.6. The first-order chi connectivity index (χ1) is 22.3. The van der Waals surface area contributed by atoms with Gasteiger partial charge in [-0.3, -0.25) is 0 Å². The normalized spacial score (nSPS) is 37.7. The summed E-state index contributed by atoms with van der Waals surface area (Å²) in [5, 5.41) is 0. The van der Waals surface area contributed by atoms with E-state index in [1.54, 1.807) is 11.1 Å². The lowest BCUT2D eigenvalue weighted by atomic mass is 9.41. The first-order valence-corrected chi connectivity index (χ1v) is 17.6. The molecule has 0 nitrogen and oxygen atoms in total. The first kappa shape index (κ1) is 28.1. The summed E-state index contributed by atoms with van der Waals surface area (Å²) in [7, 11) is 0. The molecule has 0 aliphatic heterocycles. The highest BCUT2D eigenvalue weighted by atomic mass is 14.6. The molecule has 46 heavy (non-hydrogen) atoms. The molecule has 0 saturated heterocycles. The number of terminal acetylenes is 4. The second-order valence-electron chi connectivity index (χ2n) is 16.7. The van der Waals surface area contributed by atoms with Crippen molar-refractivity contribution >= 4 is 0 Å². The van der Waals surface area contributed by atoms with Crippen molar-refractivity contribution in [1.82, 2.24) is 0 Å². The Labute approximate surface area is 276 Å². The Morgan fingerprint density at radius 1 is 0.435 bits per heavy atom. The highest BCUT2D eigenvalue weighted by molar-refractivity contribution is 5.54. The van der Waals surface area contributed by atoms with E-state index in [-0.39, 0.29) is 21.7 Å². The fourth-order valence-electron chi connectivity index (χ4n) is 13.4. The molecule has 0 spiro atoms. The van der Waals surface area contributed by atoms with Crippen LogP contribution in [0.25, 0.3) is 0 Å². The van der Waals surface area contributed by atoms with Gasteiger partial charge in [-0.15, -0.1) is 25.7 Å². The van der Waals surface area contributed by atoms with Gasteiger partial charge in [-0.25, -0.2) is 0 Å². The summed E-state index contributed by atoms with van der Waals surface area (Å²) in [5.41, 5.74) is 10.5. The largest absolute Gasteiger partial charge is 0.115 e. The summed E-state index contributed by atoms with van der Waals surface area (Å²) in [6.07, 6.45) is 39.3. The van der Waals surface area contributed by atoms with Crippen molar-refractivity contribution in [2.24, 2.45) is 23.7 Å². The Morgan fingerprint density at radius 2 is 0.783 bits per heavy atom. The van der Waals surface area contributed by atoms with Gasteiger partial charge in [0, 0.05) is 22.3 Å².